The van der Waals surface area contributed by atoms with Gasteiger partial charge in [0.1, 0.15) is 29.3 Å². The van der Waals surface area contributed by atoms with E-state index in [0.717, 1.165) is 54.7 Å². The molecule has 1 fully saturated rings. The second-order valence-electron chi connectivity index (χ2n) is 10.6. The van der Waals surface area contributed by atoms with E-state index in [1.807, 2.05) is 36.4 Å². The molecule has 0 radical (unpaired) electrons. The molecule has 7 nitrogen and oxygen atoms in total. The number of methoxy groups -OCH3 is 3. The molecule has 2 aromatic rings. The molecule has 1 aliphatic heterocycles. The minimum atomic E-state index is -0.755. The number of ketones is 1. The summed E-state index contributed by atoms with van der Waals surface area (Å²) in [6.45, 7) is 4.27. The lowest BCUT2D eigenvalue weighted by Gasteiger charge is -2.41. The Bertz CT molecular complexity index is 1270. The third-order valence-corrected chi connectivity index (χ3v) is 8.29. The summed E-state index contributed by atoms with van der Waals surface area (Å²) in [7, 11) is 4.81. The van der Waals surface area contributed by atoms with Gasteiger partial charge < -0.3 is 24.3 Å². The van der Waals surface area contributed by atoms with E-state index >= 15 is 0 Å². The number of nitrogens with one attached hydrogen (secondary N) is 1. The Morgan fingerprint density at radius 2 is 1.59 bits per heavy atom. The zero-order valence-electron chi connectivity index (χ0n) is 23.0. The van der Waals surface area contributed by atoms with Gasteiger partial charge in [0.05, 0.1) is 21.3 Å². The topological polar surface area (TPSA) is 83.1 Å². The van der Waals surface area contributed by atoms with Crippen LogP contribution in [0.1, 0.15) is 67.9 Å². The van der Waals surface area contributed by atoms with Crippen LogP contribution in [-0.2, 0) is 14.3 Å². The summed E-state index contributed by atoms with van der Waals surface area (Å²) in [5.41, 5.74) is 3.78. The average molecular weight is 532 g/mol. The molecule has 5 rings (SSSR count). The predicted molar refractivity (Wildman–Crippen MR) is 148 cm³/mol. The number of Topliss-reactive ketones (excluding diaryl/α,β-unsaturated/α-hetero) is 1. The Morgan fingerprint density at radius 1 is 0.897 bits per heavy atom. The minimum absolute atomic E-state index is 0.00612. The molecule has 7 heteroatoms. The maximum Gasteiger partial charge on any atom is 0.316 e. The van der Waals surface area contributed by atoms with Crippen LogP contribution in [0.2, 0.25) is 0 Å². The number of esters is 1. The van der Waals surface area contributed by atoms with Crippen molar-refractivity contribution >= 4 is 11.8 Å². The second-order valence-corrected chi connectivity index (χ2v) is 10.6. The molecule has 0 aromatic heterocycles. The fraction of sp³-hybridized carbons (Fsp3) is 0.438. The monoisotopic (exact) mass is 531 g/mol. The fourth-order valence-corrected chi connectivity index (χ4v) is 6.27. The summed E-state index contributed by atoms with van der Waals surface area (Å²) in [6.07, 6.45) is 5.88. The van der Waals surface area contributed by atoms with Crippen molar-refractivity contribution in [2.75, 3.05) is 21.3 Å². The third kappa shape index (κ3) is 5.40. The van der Waals surface area contributed by atoms with Crippen LogP contribution < -0.4 is 19.5 Å². The van der Waals surface area contributed by atoms with E-state index < -0.39 is 11.8 Å². The standard InChI is InChI=1S/C32H37NO6/c1-19-29(32(35)39-23-8-6-5-7-9-23)30(25-15-14-24(37-3)18-28(25)38-4)31-26(33-19)16-21(17-27(31)34)20-10-12-22(36-2)13-11-20/h10-15,18,21,23,29-30,33H,1,5-9,16-17H2,2-4H3. The van der Waals surface area contributed by atoms with Crippen molar-refractivity contribution in [2.45, 2.75) is 62.9 Å². The van der Waals surface area contributed by atoms with Crippen molar-refractivity contribution in [3.63, 3.8) is 0 Å². The number of benzene rings is 2. The number of carbonyl (C=O) groups is 2. The van der Waals surface area contributed by atoms with E-state index in [4.69, 9.17) is 18.9 Å². The SMILES string of the molecule is C=C1NC2=C(C(=O)CC(c3ccc(OC)cc3)C2)C(c2ccc(OC)cc2OC)C1C(=O)OC1CCCCC1. The largest absolute Gasteiger partial charge is 0.497 e. The van der Waals surface area contributed by atoms with Gasteiger partial charge in [-0.05, 0) is 61.8 Å². The van der Waals surface area contributed by atoms with Crippen molar-refractivity contribution in [1.82, 2.24) is 5.32 Å². The average Bonchev–Trinajstić information content (AvgIpc) is 2.96. The van der Waals surface area contributed by atoms with Gasteiger partial charge >= 0.3 is 5.97 Å². The zero-order chi connectivity index (χ0) is 27.5. The first-order valence-electron chi connectivity index (χ1n) is 13.7. The third-order valence-electron chi connectivity index (χ3n) is 8.29. The first kappa shape index (κ1) is 26.9. The van der Waals surface area contributed by atoms with Crippen molar-refractivity contribution in [2.24, 2.45) is 5.92 Å². The van der Waals surface area contributed by atoms with Crippen molar-refractivity contribution in [3.05, 3.63) is 77.1 Å². The number of hydrogen-bond acceptors (Lipinski definition) is 7. The molecule has 0 saturated heterocycles. The summed E-state index contributed by atoms with van der Waals surface area (Å²) in [4.78, 5) is 27.7. The predicted octanol–water partition coefficient (Wildman–Crippen LogP) is 5.81. The molecule has 0 amide bonds. The molecule has 3 aliphatic rings. The highest BCUT2D eigenvalue weighted by atomic mass is 16.5. The van der Waals surface area contributed by atoms with Crippen LogP contribution in [0.25, 0.3) is 0 Å². The molecular weight excluding hydrogens is 494 g/mol. The Labute approximate surface area is 230 Å². The lowest BCUT2D eigenvalue weighted by molar-refractivity contribution is -0.155. The molecule has 3 unspecified atom stereocenters. The molecular formula is C32H37NO6. The Kier molecular flexibility index (Phi) is 7.96. The lowest BCUT2D eigenvalue weighted by Crippen LogP contribution is -2.43. The first-order chi connectivity index (χ1) is 18.9. The highest BCUT2D eigenvalue weighted by Gasteiger charge is 2.47. The molecule has 1 heterocycles. The van der Waals surface area contributed by atoms with Gasteiger partial charge in [-0.25, -0.2) is 0 Å². The van der Waals surface area contributed by atoms with Crippen molar-refractivity contribution < 1.29 is 28.5 Å². The Balaban J connectivity index is 1.55. The number of rotatable bonds is 7. The van der Waals surface area contributed by atoms with Gasteiger partial charge in [-0.3, -0.25) is 9.59 Å². The van der Waals surface area contributed by atoms with Crippen molar-refractivity contribution in [3.8, 4) is 17.2 Å². The number of carbonyl (C=O) groups excluding carboxylic acids is 2. The smallest absolute Gasteiger partial charge is 0.316 e. The highest BCUT2D eigenvalue weighted by molar-refractivity contribution is 6.01. The van der Waals surface area contributed by atoms with Crippen LogP contribution in [-0.4, -0.2) is 39.2 Å². The molecule has 1 N–H and O–H groups in total. The fourth-order valence-electron chi connectivity index (χ4n) is 6.27. The lowest BCUT2D eigenvalue weighted by atomic mass is 9.68. The van der Waals surface area contributed by atoms with Gasteiger partial charge in [-0.1, -0.05) is 31.2 Å². The number of allylic oxidation sites excluding steroid dienone is 2. The molecule has 2 aromatic carbocycles. The van der Waals surface area contributed by atoms with Crippen molar-refractivity contribution in [1.29, 1.82) is 0 Å². The van der Waals surface area contributed by atoms with Gasteiger partial charge in [-0.15, -0.1) is 0 Å². The molecule has 0 spiro atoms. The van der Waals surface area contributed by atoms with Crippen LogP contribution >= 0.6 is 0 Å². The van der Waals surface area contributed by atoms with Crippen LogP contribution in [0.4, 0.5) is 0 Å². The summed E-state index contributed by atoms with van der Waals surface area (Å²) < 4.78 is 22.5. The molecule has 1 saturated carbocycles. The van der Waals surface area contributed by atoms with Gasteiger partial charge in [0.25, 0.3) is 0 Å². The summed E-state index contributed by atoms with van der Waals surface area (Å²) in [5.74, 6) is 0.302. The van der Waals surface area contributed by atoms with E-state index in [0.29, 0.717) is 35.6 Å². The Hall–Kier alpha value is -3.74. The maximum atomic E-state index is 13.9. The van der Waals surface area contributed by atoms with Gasteiger partial charge in [-0.2, -0.15) is 0 Å². The minimum Gasteiger partial charge on any atom is -0.497 e. The summed E-state index contributed by atoms with van der Waals surface area (Å²) in [6, 6.07) is 13.4. The van der Waals surface area contributed by atoms with Gasteiger partial charge in [0.15, 0.2) is 5.78 Å². The second kappa shape index (κ2) is 11.6. The maximum absolute atomic E-state index is 13.9. The summed E-state index contributed by atoms with van der Waals surface area (Å²) in [5, 5.41) is 3.37. The normalized spacial score (nSPS) is 23.5. The molecule has 0 bridgehead atoms. The molecule has 2 aliphatic carbocycles. The molecule has 39 heavy (non-hydrogen) atoms. The van der Waals surface area contributed by atoms with Crippen LogP contribution in [0.15, 0.2) is 66.0 Å². The zero-order valence-corrected chi connectivity index (χ0v) is 23.0. The first-order valence-corrected chi connectivity index (χ1v) is 13.7. The van der Waals surface area contributed by atoms with E-state index in [1.165, 1.54) is 0 Å². The number of hydrogen-bond donors (Lipinski definition) is 1. The van der Waals surface area contributed by atoms with Crippen LogP contribution in [0.5, 0.6) is 17.2 Å². The molecule has 206 valence electrons. The van der Waals surface area contributed by atoms with E-state index in [-0.39, 0.29) is 23.8 Å². The van der Waals surface area contributed by atoms with Crippen LogP contribution in [0, 0.1) is 5.92 Å². The van der Waals surface area contributed by atoms with E-state index in [1.54, 1.807) is 27.4 Å². The van der Waals surface area contributed by atoms with Gasteiger partial charge in [0.2, 0.25) is 0 Å². The van der Waals surface area contributed by atoms with Gasteiger partial charge in [0, 0.05) is 40.9 Å². The summed E-state index contributed by atoms with van der Waals surface area (Å²) >= 11 is 0. The van der Waals surface area contributed by atoms with E-state index in [9.17, 15) is 9.59 Å². The quantitative estimate of drug-likeness (QED) is 0.452. The molecule has 3 atom stereocenters. The number of ether oxygens (including phenoxy) is 4. The van der Waals surface area contributed by atoms with Crippen LogP contribution in [0.3, 0.4) is 0 Å². The Morgan fingerprint density at radius 3 is 2.26 bits per heavy atom. The highest BCUT2D eigenvalue weighted by Crippen LogP contribution is 2.50. The van der Waals surface area contributed by atoms with E-state index in [2.05, 4.69) is 11.9 Å².